The number of nitrogen functional groups attached to an aromatic ring is 1. The summed E-state index contributed by atoms with van der Waals surface area (Å²) in [6, 6.07) is 7.99. The molecule has 4 N–H and O–H groups in total. The number of nitrogens with zero attached hydrogens (tertiary/aromatic N) is 5. The van der Waals surface area contributed by atoms with Crippen LogP contribution >= 0.6 is 5.24 Å². The summed E-state index contributed by atoms with van der Waals surface area (Å²) >= 11 is -1.45. The van der Waals surface area contributed by atoms with Crippen LogP contribution in [0.2, 0.25) is 0 Å². The van der Waals surface area contributed by atoms with Crippen molar-refractivity contribution in [3.8, 4) is 5.75 Å². The van der Waals surface area contributed by atoms with Crippen LogP contribution < -0.4 is 39.6 Å². The molecule has 0 amide bonds. The first-order valence-corrected chi connectivity index (χ1v) is 17.5. The summed E-state index contributed by atoms with van der Waals surface area (Å²) in [6.45, 7) is 3.49. The molecule has 3 aromatic rings. The van der Waals surface area contributed by atoms with Crippen LogP contribution in [0.4, 0.5) is 11.8 Å². The van der Waals surface area contributed by atoms with Crippen molar-refractivity contribution < 1.29 is 48.8 Å². The first kappa shape index (κ1) is 29.1. The van der Waals surface area contributed by atoms with Crippen molar-refractivity contribution in [2.24, 2.45) is 0 Å². The van der Waals surface area contributed by atoms with Gasteiger partial charge >= 0.3 is 236 Å². The minimum absolute atomic E-state index is 0.0739. The van der Waals surface area contributed by atoms with E-state index in [1.807, 2.05) is 20.2 Å². The van der Waals surface area contributed by atoms with Gasteiger partial charge in [0.1, 0.15) is 0 Å². The number of nitrogens with one attached hydrogen (secondary N) is 2. The second-order valence-corrected chi connectivity index (χ2v) is 15.8. The number of esters is 1. The van der Waals surface area contributed by atoms with E-state index in [1.54, 1.807) is 47.6 Å². The summed E-state index contributed by atoms with van der Waals surface area (Å²) in [7, 11) is 3.64. The van der Waals surface area contributed by atoms with Gasteiger partial charge in [-0.3, -0.25) is 0 Å². The number of aromatic nitrogens is 4. The first-order valence-electron chi connectivity index (χ1n) is 12.1. The number of halogens is 1. The monoisotopic (exact) mass is 673 g/mol. The molecular formula is C23H31IN8O6P-. The summed E-state index contributed by atoms with van der Waals surface area (Å²) in [4.78, 5) is 26.8. The molecule has 3 heterocycles. The van der Waals surface area contributed by atoms with Crippen molar-refractivity contribution in [2.45, 2.75) is 38.6 Å². The molecule has 1 saturated heterocycles. The maximum atomic E-state index is 13.8. The van der Waals surface area contributed by atoms with Crippen LogP contribution in [0.5, 0.6) is 5.75 Å². The van der Waals surface area contributed by atoms with E-state index in [9.17, 15) is 9.36 Å². The topological polar surface area (TPSA) is 180 Å². The Hall–Kier alpha value is -2.85. The summed E-state index contributed by atoms with van der Waals surface area (Å²) in [5.41, 5.74) is 7.15. The van der Waals surface area contributed by atoms with Crippen molar-refractivity contribution in [2.75, 3.05) is 37.9 Å². The third kappa shape index (κ3) is 7.03. The van der Waals surface area contributed by atoms with E-state index in [2.05, 4.69) is 18.5 Å². The number of rotatable bonds is 12. The van der Waals surface area contributed by atoms with E-state index in [0.717, 1.165) is 0 Å². The van der Waals surface area contributed by atoms with Gasteiger partial charge in [0.15, 0.2) is 0 Å². The molecule has 1 aliphatic rings. The SMILES string of the molecule is CCOC(=O)[C@H](C)N[I-][P@@](=O)(OC[C@@H]1CC(=N)[C@H](n2cnc3c(N(C)C)nc(N)nc32)O1)Oc1ccccc1. The molecular weight excluding hydrogens is 642 g/mol. The predicted molar refractivity (Wildman–Crippen MR) is 140 cm³/mol. The summed E-state index contributed by atoms with van der Waals surface area (Å²) in [5, 5.41) is 4.86. The molecule has 2 aromatic heterocycles. The van der Waals surface area contributed by atoms with Gasteiger partial charge in [0.2, 0.25) is 0 Å². The van der Waals surface area contributed by atoms with Crippen LogP contribution in [0.25, 0.3) is 11.2 Å². The van der Waals surface area contributed by atoms with Crippen molar-refractivity contribution in [3.63, 3.8) is 0 Å². The number of carbonyl (C=O) groups is 1. The van der Waals surface area contributed by atoms with Crippen LogP contribution in [0, 0.1) is 5.41 Å². The fraction of sp³-hybridized carbons (Fsp3) is 0.435. The molecule has 212 valence electrons. The van der Waals surface area contributed by atoms with Gasteiger partial charge in [0, 0.05) is 0 Å². The zero-order valence-electron chi connectivity index (χ0n) is 21.9. The number of hydrogen-bond acceptors (Lipinski definition) is 13. The molecule has 0 aliphatic carbocycles. The number of ether oxygens (including phenoxy) is 2. The molecule has 39 heavy (non-hydrogen) atoms. The molecule has 0 unspecified atom stereocenters. The Labute approximate surface area is 235 Å². The second-order valence-electron chi connectivity index (χ2n) is 8.76. The normalized spacial score (nSPS) is 19.6. The Kier molecular flexibility index (Phi) is 9.38. The van der Waals surface area contributed by atoms with E-state index in [1.165, 1.54) is 6.33 Å². The number of nitrogens with two attached hydrogens (primary N) is 1. The third-order valence-corrected chi connectivity index (χ3v) is 11.7. The average Bonchev–Trinajstić information content (AvgIpc) is 3.49. The van der Waals surface area contributed by atoms with Gasteiger partial charge in [-0.15, -0.1) is 0 Å². The zero-order valence-corrected chi connectivity index (χ0v) is 25.0. The van der Waals surface area contributed by atoms with Crippen LogP contribution in [0.1, 0.15) is 26.5 Å². The van der Waals surface area contributed by atoms with Crippen LogP contribution in [-0.2, 0) is 23.4 Å². The molecule has 0 bridgehead atoms. The van der Waals surface area contributed by atoms with Crippen LogP contribution in [0.3, 0.4) is 0 Å². The van der Waals surface area contributed by atoms with Crippen molar-refractivity contribution in [3.05, 3.63) is 36.7 Å². The van der Waals surface area contributed by atoms with E-state index >= 15 is 0 Å². The Morgan fingerprint density at radius 1 is 1.36 bits per heavy atom. The molecule has 14 nitrogen and oxygen atoms in total. The van der Waals surface area contributed by atoms with Crippen molar-refractivity contribution in [1.29, 1.82) is 5.41 Å². The molecule has 1 aliphatic heterocycles. The molecule has 0 saturated carbocycles. The standard InChI is InChI=1S/C23H31IN8O6P/c1-5-35-22(33)14(2)30-24-39(34,38-15-9-7-6-8-10-15)36-12-16-11-17(25)21(37-16)32-13-27-18-19(31(3)4)28-23(26)29-20(18)32/h6-10,13-14,16,21,25,30H,5,11-12H2,1-4H3,(H2,26,28,29)/q-1/t14-,16-,21+,39+/m0/s1. The molecule has 4 atom stereocenters. The molecule has 4 rings (SSSR count). The van der Waals surface area contributed by atoms with E-state index in [0.29, 0.717) is 22.7 Å². The van der Waals surface area contributed by atoms with Gasteiger partial charge in [-0.2, -0.15) is 0 Å². The zero-order chi connectivity index (χ0) is 28.2. The molecule has 1 fully saturated rings. The third-order valence-electron chi connectivity index (χ3n) is 5.49. The molecule has 0 spiro atoms. The predicted octanol–water partition coefficient (Wildman–Crippen LogP) is -0.469. The van der Waals surface area contributed by atoms with Gasteiger partial charge < -0.3 is 0 Å². The number of hydrogen-bond donors (Lipinski definition) is 3. The quantitative estimate of drug-likeness (QED) is 0.0976. The molecule has 16 heteroatoms. The Bertz CT molecular complexity index is 1370. The molecule has 0 radical (unpaired) electrons. The minimum atomic E-state index is -3.69. The maximum absolute atomic E-state index is 13.8. The van der Waals surface area contributed by atoms with Gasteiger partial charge in [0.25, 0.3) is 0 Å². The Morgan fingerprint density at radius 3 is 2.79 bits per heavy atom. The number of anilines is 2. The van der Waals surface area contributed by atoms with Gasteiger partial charge in [-0.1, -0.05) is 0 Å². The Morgan fingerprint density at radius 2 is 2.10 bits per heavy atom. The fourth-order valence-electron chi connectivity index (χ4n) is 3.68. The number of carbonyl (C=O) groups excluding carboxylic acids is 1. The summed E-state index contributed by atoms with van der Waals surface area (Å²) < 4.78 is 41.1. The summed E-state index contributed by atoms with van der Waals surface area (Å²) in [5.74, 6) is 0.550. The number of imidazole rings is 1. The number of benzene rings is 1. The van der Waals surface area contributed by atoms with E-state index < -0.39 is 50.5 Å². The van der Waals surface area contributed by atoms with Crippen LogP contribution in [-0.4, -0.2) is 70.7 Å². The number of fused-ring (bicyclic) bond motifs is 1. The summed E-state index contributed by atoms with van der Waals surface area (Å²) in [6.07, 6.45) is 0.400. The van der Waals surface area contributed by atoms with E-state index in [-0.39, 0.29) is 31.3 Å². The van der Waals surface area contributed by atoms with Gasteiger partial charge in [-0.05, 0) is 0 Å². The van der Waals surface area contributed by atoms with Gasteiger partial charge in [-0.25, -0.2) is 0 Å². The van der Waals surface area contributed by atoms with Crippen LogP contribution in [0.15, 0.2) is 36.7 Å². The van der Waals surface area contributed by atoms with Gasteiger partial charge in [0.05, 0.1) is 0 Å². The van der Waals surface area contributed by atoms with E-state index in [4.69, 9.17) is 29.7 Å². The van der Waals surface area contributed by atoms with Crippen molar-refractivity contribution >= 4 is 39.8 Å². The first-order chi connectivity index (χ1) is 18.6. The number of para-hydroxylation sites is 1. The average molecular weight is 673 g/mol. The fourth-order valence-corrected chi connectivity index (χ4v) is 9.21. The molecule has 1 aromatic carbocycles. The Balaban J connectivity index is 1.47. The second kappa shape index (κ2) is 12.6. The van der Waals surface area contributed by atoms with Crippen molar-refractivity contribution in [1.82, 2.24) is 23.0 Å².